The summed E-state index contributed by atoms with van der Waals surface area (Å²) in [6.45, 7) is 8.05. The first-order chi connectivity index (χ1) is 5.56. The highest BCUT2D eigenvalue weighted by atomic mass is 16.5. The summed E-state index contributed by atoms with van der Waals surface area (Å²) in [7, 11) is 0. The molecule has 0 amide bonds. The molecule has 0 spiro atoms. The van der Waals surface area contributed by atoms with Gasteiger partial charge in [-0.1, -0.05) is 13.3 Å². The van der Waals surface area contributed by atoms with Gasteiger partial charge in [-0.15, -0.1) is 0 Å². The molecule has 2 nitrogen and oxygen atoms in total. The molecular formula is C10H22O2. The first-order valence-electron chi connectivity index (χ1n) is 4.89. The maximum absolute atomic E-state index is 9.09. The molecule has 0 aromatic rings. The number of aliphatic hydroxyl groups excluding tert-OH is 1. The summed E-state index contributed by atoms with van der Waals surface area (Å²) in [5.41, 5.74) is 0. The number of ether oxygens (including phenoxy) is 1. The van der Waals surface area contributed by atoms with Crippen LogP contribution in [0.5, 0.6) is 0 Å². The fraction of sp³-hybridized carbons (Fsp3) is 1.00. The van der Waals surface area contributed by atoms with E-state index >= 15 is 0 Å². The van der Waals surface area contributed by atoms with E-state index in [0.717, 1.165) is 19.3 Å². The van der Waals surface area contributed by atoms with Crippen molar-refractivity contribution < 1.29 is 9.84 Å². The molecule has 12 heavy (non-hydrogen) atoms. The second-order valence-corrected chi connectivity index (χ2v) is 3.63. The summed E-state index contributed by atoms with van der Waals surface area (Å²) in [5, 5.41) is 9.09. The second kappa shape index (κ2) is 6.44. The van der Waals surface area contributed by atoms with E-state index in [1.54, 1.807) is 6.92 Å². The normalized spacial score (nSPS) is 18.8. The third-order valence-corrected chi connectivity index (χ3v) is 1.83. The predicted octanol–water partition coefficient (Wildman–Crippen LogP) is 2.35. The Bertz CT molecular complexity index is 102. The van der Waals surface area contributed by atoms with E-state index < -0.39 is 0 Å². The number of aliphatic hydroxyl groups is 1. The fourth-order valence-electron chi connectivity index (χ4n) is 1.41. The van der Waals surface area contributed by atoms with Crippen LogP contribution in [0.25, 0.3) is 0 Å². The van der Waals surface area contributed by atoms with Gasteiger partial charge in [-0.2, -0.15) is 0 Å². The van der Waals surface area contributed by atoms with E-state index in [2.05, 4.69) is 13.8 Å². The highest BCUT2D eigenvalue weighted by Gasteiger charge is 2.09. The van der Waals surface area contributed by atoms with Gasteiger partial charge in [0.15, 0.2) is 0 Å². The quantitative estimate of drug-likeness (QED) is 0.669. The van der Waals surface area contributed by atoms with Gasteiger partial charge in [-0.25, -0.2) is 0 Å². The molecule has 0 aromatic heterocycles. The van der Waals surface area contributed by atoms with Crippen molar-refractivity contribution in [3.8, 4) is 0 Å². The van der Waals surface area contributed by atoms with Crippen LogP contribution in [0.2, 0.25) is 0 Å². The van der Waals surface area contributed by atoms with Crippen molar-refractivity contribution in [2.45, 2.75) is 65.3 Å². The number of hydrogen-bond acceptors (Lipinski definition) is 2. The zero-order valence-corrected chi connectivity index (χ0v) is 8.71. The Kier molecular flexibility index (Phi) is 6.39. The number of hydrogen-bond donors (Lipinski definition) is 1. The summed E-state index contributed by atoms with van der Waals surface area (Å²) in [5.74, 6) is 0. The minimum absolute atomic E-state index is 0.173. The fourth-order valence-corrected chi connectivity index (χ4v) is 1.41. The van der Waals surface area contributed by atoms with Gasteiger partial charge >= 0.3 is 0 Å². The van der Waals surface area contributed by atoms with Gasteiger partial charge in [-0.05, 0) is 33.6 Å². The van der Waals surface area contributed by atoms with Crippen LogP contribution < -0.4 is 0 Å². The summed E-state index contributed by atoms with van der Waals surface area (Å²) >= 11 is 0. The molecule has 1 N–H and O–H groups in total. The van der Waals surface area contributed by atoms with Crippen molar-refractivity contribution in [2.24, 2.45) is 0 Å². The lowest BCUT2D eigenvalue weighted by molar-refractivity contribution is -0.0188. The molecule has 3 atom stereocenters. The Morgan fingerprint density at radius 3 is 2.17 bits per heavy atom. The Morgan fingerprint density at radius 1 is 1.17 bits per heavy atom. The highest BCUT2D eigenvalue weighted by molar-refractivity contribution is 4.58. The Labute approximate surface area is 75.9 Å². The molecule has 0 fully saturated rings. The van der Waals surface area contributed by atoms with Crippen molar-refractivity contribution >= 4 is 0 Å². The SMILES string of the molecule is CCC[C@@H](C)O[C@H](C)C[C@@H](C)O. The van der Waals surface area contributed by atoms with Crippen LogP contribution in [0.15, 0.2) is 0 Å². The van der Waals surface area contributed by atoms with E-state index in [1.807, 2.05) is 6.92 Å². The average Bonchev–Trinajstić information content (AvgIpc) is 1.84. The van der Waals surface area contributed by atoms with E-state index in [0.29, 0.717) is 6.10 Å². The molecule has 0 aromatic carbocycles. The molecule has 0 rings (SSSR count). The summed E-state index contributed by atoms with van der Waals surface area (Å²) in [6, 6.07) is 0. The third-order valence-electron chi connectivity index (χ3n) is 1.83. The molecule has 2 heteroatoms. The Hall–Kier alpha value is -0.0800. The van der Waals surface area contributed by atoms with Gasteiger partial charge < -0.3 is 9.84 Å². The van der Waals surface area contributed by atoms with Crippen molar-refractivity contribution in [1.82, 2.24) is 0 Å². The molecule has 0 bridgehead atoms. The van der Waals surface area contributed by atoms with Gasteiger partial charge in [0.1, 0.15) is 0 Å². The monoisotopic (exact) mass is 174 g/mol. The van der Waals surface area contributed by atoms with Gasteiger partial charge in [0.25, 0.3) is 0 Å². The lowest BCUT2D eigenvalue weighted by Crippen LogP contribution is -2.20. The highest BCUT2D eigenvalue weighted by Crippen LogP contribution is 2.08. The maximum atomic E-state index is 9.09. The Morgan fingerprint density at radius 2 is 1.75 bits per heavy atom. The van der Waals surface area contributed by atoms with Gasteiger partial charge in [0.05, 0.1) is 18.3 Å². The molecule has 0 saturated carbocycles. The predicted molar refractivity (Wildman–Crippen MR) is 51.2 cm³/mol. The van der Waals surface area contributed by atoms with E-state index in [-0.39, 0.29) is 12.2 Å². The lowest BCUT2D eigenvalue weighted by atomic mass is 10.2. The first-order valence-corrected chi connectivity index (χ1v) is 4.89. The topological polar surface area (TPSA) is 29.5 Å². The van der Waals surface area contributed by atoms with E-state index in [4.69, 9.17) is 9.84 Å². The van der Waals surface area contributed by atoms with Crippen molar-refractivity contribution in [3.05, 3.63) is 0 Å². The van der Waals surface area contributed by atoms with Gasteiger partial charge in [0, 0.05) is 0 Å². The van der Waals surface area contributed by atoms with Crippen LogP contribution in [-0.2, 0) is 4.74 Å². The molecule has 0 radical (unpaired) electrons. The van der Waals surface area contributed by atoms with Gasteiger partial charge in [-0.3, -0.25) is 0 Å². The molecule has 0 aliphatic rings. The van der Waals surface area contributed by atoms with Crippen LogP contribution >= 0.6 is 0 Å². The molecule has 0 unspecified atom stereocenters. The lowest BCUT2D eigenvalue weighted by Gasteiger charge is -2.19. The van der Waals surface area contributed by atoms with E-state index in [1.165, 1.54) is 0 Å². The van der Waals surface area contributed by atoms with Crippen molar-refractivity contribution in [2.75, 3.05) is 0 Å². The van der Waals surface area contributed by atoms with Crippen LogP contribution in [0.1, 0.15) is 47.0 Å². The number of rotatable bonds is 6. The smallest absolute Gasteiger partial charge is 0.0575 e. The van der Waals surface area contributed by atoms with Crippen molar-refractivity contribution in [3.63, 3.8) is 0 Å². The Balaban J connectivity index is 3.46. The largest absolute Gasteiger partial charge is 0.393 e. The molecule has 0 saturated heterocycles. The summed E-state index contributed by atoms with van der Waals surface area (Å²) in [4.78, 5) is 0. The van der Waals surface area contributed by atoms with Crippen molar-refractivity contribution in [1.29, 1.82) is 0 Å². The molecule has 0 aliphatic carbocycles. The average molecular weight is 174 g/mol. The molecule has 74 valence electrons. The minimum Gasteiger partial charge on any atom is -0.393 e. The first kappa shape index (κ1) is 11.9. The van der Waals surface area contributed by atoms with Gasteiger partial charge in [0.2, 0.25) is 0 Å². The van der Waals surface area contributed by atoms with Crippen LogP contribution in [-0.4, -0.2) is 23.4 Å². The molecular weight excluding hydrogens is 152 g/mol. The standard InChI is InChI=1S/C10H22O2/c1-5-6-9(3)12-10(4)7-8(2)11/h8-11H,5-7H2,1-4H3/t8-,9-,10-/m1/s1. The van der Waals surface area contributed by atoms with E-state index in [9.17, 15) is 0 Å². The zero-order valence-electron chi connectivity index (χ0n) is 8.71. The minimum atomic E-state index is -0.256. The van der Waals surface area contributed by atoms with Crippen LogP contribution in [0.3, 0.4) is 0 Å². The molecule has 0 aliphatic heterocycles. The maximum Gasteiger partial charge on any atom is 0.0575 e. The van der Waals surface area contributed by atoms with Crippen LogP contribution in [0.4, 0.5) is 0 Å². The zero-order chi connectivity index (χ0) is 9.56. The van der Waals surface area contributed by atoms with Crippen LogP contribution in [0, 0.1) is 0 Å². The summed E-state index contributed by atoms with van der Waals surface area (Å²) in [6.07, 6.45) is 3.23. The third kappa shape index (κ3) is 6.62. The molecule has 0 heterocycles. The second-order valence-electron chi connectivity index (χ2n) is 3.63. The summed E-state index contributed by atoms with van der Waals surface area (Å²) < 4.78 is 5.64.